The minimum absolute atomic E-state index is 0.316. The number of hydrogen-bond donors (Lipinski definition) is 1. The van der Waals surface area contributed by atoms with Crippen molar-refractivity contribution in [3.63, 3.8) is 0 Å². The fraction of sp³-hybridized carbons (Fsp3) is 0.0476. The first-order chi connectivity index (χ1) is 13.5. The Labute approximate surface area is 176 Å². The van der Waals surface area contributed by atoms with Crippen LogP contribution in [0.2, 0.25) is 10.0 Å². The summed E-state index contributed by atoms with van der Waals surface area (Å²) < 4.78 is 4.90. The number of methoxy groups -OCH3 is 1. The molecule has 0 aliphatic carbocycles. The van der Waals surface area contributed by atoms with E-state index < -0.39 is 11.9 Å². The van der Waals surface area contributed by atoms with Crippen molar-refractivity contribution in [1.82, 2.24) is 0 Å². The van der Waals surface area contributed by atoms with E-state index in [4.69, 9.17) is 27.9 Å². The molecule has 0 aliphatic heterocycles. The summed E-state index contributed by atoms with van der Waals surface area (Å²) >= 11 is 13.5. The summed E-state index contributed by atoms with van der Waals surface area (Å²) in [6, 6.07) is 14.5. The van der Waals surface area contributed by atoms with Crippen molar-refractivity contribution >= 4 is 57.5 Å². The van der Waals surface area contributed by atoms with Crippen LogP contribution in [0.3, 0.4) is 0 Å². The summed E-state index contributed by atoms with van der Waals surface area (Å²) in [6.07, 6.45) is 2.85. The van der Waals surface area contributed by atoms with Crippen LogP contribution in [0, 0.1) is 0 Å². The van der Waals surface area contributed by atoms with E-state index in [-0.39, 0.29) is 0 Å². The fourth-order valence-electron chi connectivity index (χ4n) is 2.57. The standard InChI is InChI=1S/C21H15Cl2NO3S/c1-27-21(26)19-15(13-6-3-2-4-7-13)12-28-20(19)24-18(25)11-10-14-16(22)8-5-9-17(14)23/h2-12H,1H3,(H,24,25). The zero-order valence-corrected chi connectivity index (χ0v) is 17.1. The zero-order chi connectivity index (χ0) is 20.1. The van der Waals surface area contributed by atoms with E-state index in [1.54, 1.807) is 18.2 Å². The van der Waals surface area contributed by atoms with Crippen LogP contribution in [0.1, 0.15) is 15.9 Å². The second-order valence-electron chi connectivity index (χ2n) is 5.67. The highest BCUT2D eigenvalue weighted by molar-refractivity contribution is 7.15. The summed E-state index contributed by atoms with van der Waals surface area (Å²) in [5.74, 6) is -0.934. The average Bonchev–Trinajstić information content (AvgIpc) is 3.11. The molecule has 1 heterocycles. The summed E-state index contributed by atoms with van der Waals surface area (Å²) in [6.45, 7) is 0. The lowest BCUT2D eigenvalue weighted by Gasteiger charge is -2.06. The maximum absolute atomic E-state index is 12.4. The van der Waals surface area contributed by atoms with Crippen molar-refractivity contribution < 1.29 is 14.3 Å². The molecule has 1 amide bonds. The van der Waals surface area contributed by atoms with Gasteiger partial charge in [0.15, 0.2) is 0 Å². The summed E-state index contributed by atoms with van der Waals surface area (Å²) in [5, 5.41) is 5.83. The molecular formula is C21H15Cl2NO3S. The number of amides is 1. The topological polar surface area (TPSA) is 55.4 Å². The maximum atomic E-state index is 12.4. The van der Waals surface area contributed by atoms with E-state index in [1.165, 1.54) is 30.6 Å². The van der Waals surface area contributed by atoms with Crippen LogP contribution in [-0.2, 0) is 9.53 Å². The lowest BCUT2D eigenvalue weighted by atomic mass is 10.0. The summed E-state index contributed by atoms with van der Waals surface area (Å²) in [5.41, 5.74) is 2.42. The van der Waals surface area contributed by atoms with Gasteiger partial charge in [-0.25, -0.2) is 4.79 Å². The van der Waals surface area contributed by atoms with Crippen molar-refractivity contribution in [2.45, 2.75) is 0 Å². The van der Waals surface area contributed by atoms with Crippen LogP contribution in [0.15, 0.2) is 60.0 Å². The molecule has 3 rings (SSSR count). The molecule has 0 radical (unpaired) electrons. The molecule has 2 aromatic carbocycles. The molecule has 0 saturated carbocycles. The van der Waals surface area contributed by atoms with Gasteiger partial charge in [-0.3, -0.25) is 4.79 Å². The van der Waals surface area contributed by atoms with Gasteiger partial charge in [0, 0.05) is 32.6 Å². The van der Waals surface area contributed by atoms with Gasteiger partial charge in [0.1, 0.15) is 10.6 Å². The highest BCUT2D eigenvalue weighted by Gasteiger charge is 2.21. The Balaban J connectivity index is 1.88. The predicted molar refractivity (Wildman–Crippen MR) is 115 cm³/mol. The van der Waals surface area contributed by atoms with Gasteiger partial charge in [0.05, 0.1) is 7.11 Å². The van der Waals surface area contributed by atoms with E-state index in [2.05, 4.69) is 5.32 Å². The molecule has 0 fully saturated rings. The first kappa shape index (κ1) is 20.1. The Morgan fingerprint density at radius 2 is 1.71 bits per heavy atom. The average molecular weight is 432 g/mol. The molecule has 1 N–H and O–H groups in total. The van der Waals surface area contributed by atoms with Gasteiger partial charge < -0.3 is 10.1 Å². The minimum atomic E-state index is -0.520. The maximum Gasteiger partial charge on any atom is 0.341 e. The second kappa shape index (κ2) is 9.06. The summed E-state index contributed by atoms with van der Waals surface area (Å²) in [7, 11) is 1.31. The Hall–Kier alpha value is -2.60. The van der Waals surface area contributed by atoms with E-state index in [1.807, 2.05) is 35.7 Å². The SMILES string of the molecule is COC(=O)c1c(-c2ccccc2)csc1NC(=O)C=Cc1c(Cl)cccc1Cl. The van der Waals surface area contributed by atoms with E-state index in [0.29, 0.717) is 31.7 Å². The number of anilines is 1. The van der Waals surface area contributed by atoms with Gasteiger partial charge in [-0.15, -0.1) is 11.3 Å². The third-order valence-corrected chi connectivity index (χ3v) is 5.46. The predicted octanol–water partition coefficient (Wildman–Crippen LogP) is 6.16. The molecule has 0 aliphatic rings. The fourth-order valence-corrected chi connectivity index (χ4v) is 4.05. The van der Waals surface area contributed by atoms with Gasteiger partial charge in [-0.05, 0) is 23.8 Å². The molecule has 3 aromatic rings. The molecule has 142 valence electrons. The van der Waals surface area contributed by atoms with Crippen LogP contribution in [0.4, 0.5) is 5.00 Å². The lowest BCUT2D eigenvalue weighted by Crippen LogP contribution is -2.11. The number of benzene rings is 2. The van der Waals surface area contributed by atoms with Crippen LogP contribution in [-0.4, -0.2) is 19.0 Å². The second-order valence-corrected chi connectivity index (χ2v) is 7.36. The number of esters is 1. The van der Waals surface area contributed by atoms with Gasteiger partial charge in [-0.2, -0.15) is 0 Å². The molecule has 4 nitrogen and oxygen atoms in total. The number of hydrogen-bond acceptors (Lipinski definition) is 4. The van der Waals surface area contributed by atoms with E-state index >= 15 is 0 Å². The molecule has 0 bridgehead atoms. The first-order valence-corrected chi connectivity index (χ1v) is 9.83. The van der Waals surface area contributed by atoms with E-state index in [9.17, 15) is 9.59 Å². The Morgan fingerprint density at radius 3 is 2.36 bits per heavy atom. The number of carbonyl (C=O) groups is 2. The van der Waals surface area contributed by atoms with Crippen molar-refractivity contribution in [3.8, 4) is 11.1 Å². The molecule has 1 aromatic heterocycles. The molecule has 0 spiro atoms. The smallest absolute Gasteiger partial charge is 0.341 e. The monoisotopic (exact) mass is 431 g/mol. The largest absolute Gasteiger partial charge is 0.465 e. The number of ether oxygens (including phenoxy) is 1. The Bertz CT molecular complexity index is 1020. The van der Waals surface area contributed by atoms with Crippen LogP contribution in [0.25, 0.3) is 17.2 Å². The Morgan fingerprint density at radius 1 is 1.04 bits per heavy atom. The van der Waals surface area contributed by atoms with Crippen molar-refractivity contribution in [2.75, 3.05) is 12.4 Å². The zero-order valence-electron chi connectivity index (χ0n) is 14.7. The van der Waals surface area contributed by atoms with Crippen LogP contribution < -0.4 is 5.32 Å². The van der Waals surface area contributed by atoms with Crippen molar-refractivity contribution in [3.05, 3.63) is 81.2 Å². The first-order valence-electron chi connectivity index (χ1n) is 8.19. The third-order valence-electron chi connectivity index (χ3n) is 3.90. The molecule has 0 unspecified atom stereocenters. The minimum Gasteiger partial charge on any atom is -0.465 e. The van der Waals surface area contributed by atoms with Crippen molar-refractivity contribution in [1.29, 1.82) is 0 Å². The third kappa shape index (κ3) is 4.44. The number of nitrogens with one attached hydrogen (secondary N) is 1. The molecule has 7 heteroatoms. The highest BCUT2D eigenvalue weighted by Crippen LogP contribution is 2.36. The van der Waals surface area contributed by atoms with Crippen LogP contribution >= 0.6 is 34.5 Å². The number of thiophene rings is 1. The molecular weight excluding hydrogens is 417 g/mol. The van der Waals surface area contributed by atoms with Gasteiger partial charge in [0.2, 0.25) is 5.91 Å². The number of carbonyl (C=O) groups excluding carboxylic acids is 2. The normalized spacial score (nSPS) is 10.8. The van der Waals surface area contributed by atoms with Gasteiger partial charge in [0.25, 0.3) is 0 Å². The molecule has 28 heavy (non-hydrogen) atoms. The van der Waals surface area contributed by atoms with Gasteiger partial charge in [-0.1, -0.05) is 59.6 Å². The lowest BCUT2D eigenvalue weighted by molar-refractivity contribution is -0.111. The molecule has 0 atom stereocenters. The molecule has 0 saturated heterocycles. The highest BCUT2D eigenvalue weighted by atomic mass is 35.5. The quantitative estimate of drug-likeness (QED) is 0.388. The van der Waals surface area contributed by atoms with Gasteiger partial charge >= 0.3 is 5.97 Å². The summed E-state index contributed by atoms with van der Waals surface area (Å²) in [4.78, 5) is 24.7. The van der Waals surface area contributed by atoms with Crippen LogP contribution in [0.5, 0.6) is 0 Å². The number of halogens is 2. The number of rotatable bonds is 5. The van der Waals surface area contributed by atoms with E-state index in [0.717, 1.165) is 5.56 Å². The van der Waals surface area contributed by atoms with Crippen molar-refractivity contribution in [2.24, 2.45) is 0 Å². The Kier molecular flexibility index (Phi) is 6.52.